The number of hydrogen-bond acceptors (Lipinski definition) is 3. The molecule has 2 rings (SSSR count). The van der Waals surface area contributed by atoms with Gasteiger partial charge in [-0.15, -0.1) is 11.8 Å². The van der Waals surface area contributed by atoms with Crippen LogP contribution in [-0.2, 0) is 9.53 Å². The first kappa shape index (κ1) is 12.8. The smallest absolute Gasteiger partial charge is 0.334 e. The molecule has 0 spiro atoms. The number of carbonyl (C=O) groups is 1. The second kappa shape index (κ2) is 5.78. The van der Waals surface area contributed by atoms with Gasteiger partial charge in [0.2, 0.25) is 0 Å². The molecule has 3 nitrogen and oxygen atoms in total. The number of ether oxygens (including phenoxy) is 1. The highest BCUT2D eigenvalue weighted by Gasteiger charge is 2.09. The van der Waals surface area contributed by atoms with Gasteiger partial charge < -0.3 is 9.72 Å². The number of fused-ring (bicyclic) bond motifs is 1. The monoisotopic (exact) mass is 261 g/mol. The lowest BCUT2D eigenvalue weighted by Gasteiger charge is -2.03. The normalized spacial score (nSPS) is 10.5. The third kappa shape index (κ3) is 2.96. The second-order valence-corrected chi connectivity index (χ2v) is 4.85. The first-order valence-corrected chi connectivity index (χ1v) is 6.74. The van der Waals surface area contributed by atoms with E-state index in [4.69, 9.17) is 4.74 Å². The molecule has 0 aliphatic heterocycles. The molecule has 0 bridgehead atoms. The largest absolute Gasteiger partial charge is 0.463 e. The number of para-hydroxylation sites is 1. The topological polar surface area (TPSA) is 42.1 Å². The summed E-state index contributed by atoms with van der Waals surface area (Å²) in [6, 6.07) is 10.1. The van der Waals surface area contributed by atoms with Crippen molar-refractivity contribution < 1.29 is 9.53 Å². The van der Waals surface area contributed by atoms with Crippen molar-refractivity contribution in [3.63, 3.8) is 0 Å². The standard InChI is InChI=1S/C14H15NO2S/c1-3-17-14(16)10(2)9-18-13-8-11-6-4-5-7-12(11)15-13/h4-8,15H,2-3,9H2,1H3. The minimum Gasteiger partial charge on any atom is -0.463 e. The van der Waals surface area contributed by atoms with Crippen molar-refractivity contribution in [2.24, 2.45) is 0 Å². The van der Waals surface area contributed by atoms with E-state index in [1.807, 2.05) is 18.2 Å². The van der Waals surface area contributed by atoms with Gasteiger partial charge in [-0.05, 0) is 19.1 Å². The first-order valence-electron chi connectivity index (χ1n) is 5.76. The first-order chi connectivity index (χ1) is 8.70. The zero-order valence-electron chi connectivity index (χ0n) is 10.2. The molecule has 1 aromatic carbocycles. The number of hydrogen-bond donors (Lipinski definition) is 1. The van der Waals surface area contributed by atoms with Crippen molar-refractivity contribution >= 4 is 28.6 Å². The SMILES string of the molecule is C=C(CSc1cc2ccccc2[nH]1)C(=O)OCC. The van der Waals surface area contributed by atoms with Gasteiger partial charge in [0, 0.05) is 22.2 Å². The minimum absolute atomic E-state index is 0.318. The summed E-state index contributed by atoms with van der Waals surface area (Å²) in [7, 11) is 0. The fourth-order valence-electron chi connectivity index (χ4n) is 1.58. The van der Waals surface area contributed by atoms with Crippen LogP contribution in [0.1, 0.15) is 6.92 Å². The molecular weight excluding hydrogens is 246 g/mol. The third-order valence-corrected chi connectivity index (χ3v) is 3.49. The number of H-pyrrole nitrogens is 1. The molecule has 0 saturated heterocycles. The Morgan fingerprint density at radius 2 is 2.22 bits per heavy atom. The Hall–Kier alpha value is -1.68. The Kier molecular flexibility index (Phi) is 4.10. The van der Waals surface area contributed by atoms with E-state index in [2.05, 4.69) is 23.7 Å². The van der Waals surface area contributed by atoms with E-state index < -0.39 is 0 Å². The van der Waals surface area contributed by atoms with Crippen LogP contribution in [0.5, 0.6) is 0 Å². The summed E-state index contributed by atoms with van der Waals surface area (Å²) >= 11 is 1.55. The van der Waals surface area contributed by atoms with Crippen LogP contribution in [0.3, 0.4) is 0 Å². The quantitative estimate of drug-likeness (QED) is 0.509. The molecule has 0 aliphatic carbocycles. The number of aromatic nitrogens is 1. The Morgan fingerprint density at radius 1 is 1.44 bits per heavy atom. The molecule has 2 aromatic rings. The lowest BCUT2D eigenvalue weighted by molar-refractivity contribution is -0.138. The van der Waals surface area contributed by atoms with E-state index in [0.29, 0.717) is 17.9 Å². The highest BCUT2D eigenvalue weighted by Crippen LogP contribution is 2.24. The van der Waals surface area contributed by atoms with Gasteiger partial charge in [0.05, 0.1) is 11.6 Å². The van der Waals surface area contributed by atoms with E-state index in [-0.39, 0.29) is 5.97 Å². The molecule has 4 heteroatoms. The summed E-state index contributed by atoms with van der Waals surface area (Å²) in [5, 5.41) is 2.20. The molecule has 1 heterocycles. The Morgan fingerprint density at radius 3 is 2.94 bits per heavy atom. The van der Waals surface area contributed by atoms with E-state index in [0.717, 1.165) is 10.5 Å². The van der Waals surface area contributed by atoms with E-state index in [9.17, 15) is 4.79 Å². The van der Waals surface area contributed by atoms with Crippen LogP contribution in [0, 0.1) is 0 Å². The van der Waals surface area contributed by atoms with Crippen molar-refractivity contribution in [3.8, 4) is 0 Å². The second-order valence-electron chi connectivity index (χ2n) is 3.83. The molecule has 0 amide bonds. The summed E-state index contributed by atoms with van der Waals surface area (Å²) in [5.74, 6) is 0.215. The predicted molar refractivity (Wildman–Crippen MR) is 74.8 cm³/mol. The van der Waals surface area contributed by atoms with Crippen LogP contribution >= 0.6 is 11.8 Å². The van der Waals surface area contributed by atoms with Gasteiger partial charge in [-0.1, -0.05) is 24.8 Å². The number of benzene rings is 1. The van der Waals surface area contributed by atoms with E-state index in [1.54, 1.807) is 18.7 Å². The number of aromatic amines is 1. The molecular formula is C14H15NO2S. The maximum Gasteiger partial charge on any atom is 0.334 e. The van der Waals surface area contributed by atoms with Gasteiger partial charge in [0.1, 0.15) is 0 Å². The van der Waals surface area contributed by atoms with Gasteiger partial charge in [0.15, 0.2) is 0 Å². The number of rotatable bonds is 5. The van der Waals surface area contributed by atoms with Gasteiger partial charge in [-0.3, -0.25) is 0 Å². The van der Waals surface area contributed by atoms with Crippen LogP contribution in [0.2, 0.25) is 0 Å². The number of carbonyl (C=O) groups excluding carboxylic acids is 1. The molecule has 0 atom stereocenters. The summed E-state index contributed by atoms with van der Waals surface area (Å²) in [5.41, 5.74) is 1.59. The molecule has 0 radical (unpaired) electrons. The number of nitrogens with one attached hydrogen (secondary N) is 1. The van der Waals surface area contributed by atoms with Crippen LogP contribution in [0.4, 0.5) is 0 Å². The van der Waals surface area contributed by atoms with Crippen molar-refractivity contribution in [1.29, 1.82) is 0 Å². The molecule has 18 heavy (non-hydrogen) atoms. The molecule has 1 aromatic heterocycles. The molecule has 1 N–H and O–H groups in total. The fraction of sp³-hybridized carbons (Fsp3) is 0.214. The number of thioether (sulfide) groups is 1. The minimum atomic E-state index is -0.318. The van der Waals surface area contributed by atoms with Crippen molar-refractivity contribution in [3.05, 3.63) is 42.5 Å². The molecule has 94 valence electrons. The summed E-state index contributed by atoms with van der Waals surface area (Å²) in [6.45, 7) is 5.90. The molecule has 0 aliphatic rings. The van der Waals surface area contributed by atoms with Gasteiger partial charge in [-0.25, -0.2) is 4.79 Å². The van der Waals surface area contributed by atoms with E-state index in [1.165, 1.54) is 5.39 Å². The summed E-state index contributed by atoms with van der Waals surface area (Å²) in [6.07, 6.45) is 0. The van der Waals surface area contributed by atoms with Crippen molar-refractivity contribution in [2.75, 3.05) is 12.4 Å². The Bertz CT molecular complexity index is 541. The third-order valence-electron chi connectivity index (χ3n) is 2.47. The lowest BCUT2D eigenvalue weighted by Crippen LogP contribution is -2.08. The zero-order valence-corrected chi connectivity index (χ0v) is 11.0. The van der Waals surface area contributed by atoms with Crippen LogP contribution in [-0.4, -0.2) is 23.3 Å². The van der Waals surface area contributed by atoms with Crippen LogP contribution in [0.15, 0.2) is 47.5 Å². The summed E-state index contributed by atoms with van der Waals surface area (Å²) < 4.78 is 4.89. The predicted octanol–water partition coefficient (Wildman–Crippen LogP) is 3.38. The van der Waals surface area contributed by atoms with Crippen LogP contribution < -0.4 is 0 Å². The maximum absolute atomic E-state index is 11.4. The summed E-state index contributed by atoms with van der Waals surface area (Å²) in [4.78, 5) is 14.7. The number of esters is 1. The maximum atomic E-state index is 11.4. The molecule has 0 saturated carbocycles. The Balaban J connectivity index is 1.98. The Labute approximate surface area is 110 Å². The average Bonchev–Trinajstić information content (AvgIpc) is 2.78. The highest BCUT2D eigenvalue weighted by atomic mass is 32.2. The van der Waals surface area contributed by atoms with Crippen LogP contribution in [0.25, 0.3) is 10.9 Å². The van der Waals surface area contributed by atoms with E-state index >= 15 is 0 Å². The van der Waals surface area contributed by atoms with Gasteiger partial charge >= 0.3 is 5.97 Å². The van der Waals surface area contributed by atoms with Crippen molar-refractivity contribution in [1.82, 2.24) is 4.98 Å². The lowest BCUT2D eigenvalue weighted by atomic mass is 10.3. The average molecular weight is 261 g/mol. The molecule has 0 unspecified atom stereocenters. The zero-order chi connectivity index (χ0) is 13.0. The fourth-order valence-corrected chi connectivity index (χ4v) is 2.42. The van der Waals surface area contributed by atoms with Gasteiger partial charge in [0.25, 0.3) is 0 Å². The highest BCUT2D eigenvalue weighted by molar-refractivity contribution is 7.99. The van der Waals surface area contributed by atoms with Gasteiger partial charge in [-0.2, -0.15) is 0 Å². The molecule has 0 fully saturated rings. The van der Waals surface area contributed by atoms with Crippen molar-refractivity contribution in [2.45, 2.75) is 11.9 Å².